The van der Waals surface area contributed by atoms with Crippen molar-refractivity contribution in [3.63, 3.8) is 0 Å². The van der Waals surface area contributed by atoms with E-state index in [4.69, 9.17) is 37.4 Å². The molecule has 2 aromatic carbocycles. The van der Waals surface area contributed by atoms with Crippen molar-refractivity contribution in [2.75, 3.05) is 46.5 Å². The zero-order valence-corrected chi connectivity index (χ0v) is 17.7. The monoisotopic (exact) mass is 426 g/mol. The average molecular weight is 427 g/mol. The molecule has 1 heterocycles. The van der Waals surface area contributed by atoms with E-state index in [1.807, 2.05) is 24.3 Å². The van der Waals surface area contributed by atoms with Crippen LogP contribution in [0.15, 0.2) is 36.4 Å². The van der Waals surface area contributed by atoms with Gasteiger partial charge in [0.25, 0.3) is 0 Å². The third-order valence-electron chi connectivity index (χ3n) is 4.93. The SMILES string of the molecule is COc1cccc(C[NH2+]CC[NH+]2CCOCC2)c1OCc1ccc(Cl)cc1Cl. The molecule has 152 valence electrons. The molecule has 3 N–H and O–H groups in total. The zero-order chi connectivity index (χ0) is 19.8. The van der Waals surface area contributed by atoms with Crippen LogP contribution in [0.1, 0.15) is 11.1 Å². The minimum Gasteiger partial charge on any atom is -0.493 e. The van der Waals surface area contributed by atoms with Crippen molar-refractivity contribution in [2.24, 2.45) is 0 Å². The molecule has 1 aliphatic heterocycles. The summed E-state index contributed by atoms with van der Waals surface area (Å²) >= 11 is 12.2. The largest absolute Gasteiger partial charge is 0.493 e. The number of morpholine rings is 1. The van der Waals surface area contributed by atoms with E-state index in [0.29, 0.717) is 16.7 Å². The van der Waals surface area contributed by atoms with Gasteiger partial charge in [-0.25, -0.2) is 0 Å². The second-order valence-electron chi connectivity index (χ2n) is 6.87. The van der Waals surface area contributed by atoms with Crippen LogP contribution in [0.5, 0.6) is 11.5 Å². The molecule has 0 unspecified atom stereocenters. The second-order valence-corrected chi connectivity index (χ2v) is 7.71. The number of nitrogens with two attached hydrogens (primary N) is 1. The fraction of sp³-hybridized carbons (Fsp3) is 0.429. The number of methoxy groups -OCH3 is 1. The van der Waals surface area contributed by atoms with Gasteiger partial charge in [0.15, 0.2) is 11.5 Å². The van der Waals surface area contributed by atoms with Crippen LogP contribution in [0.3, 0.4) is 0 Å². The third kappa shape index (κ3) is 6.00. The number of ether oxygens (including phenoxy) is 3. The van der Waals surface area contributed by atoms with Gasteiger partial charge in [-0.3, -0.25) is 0 Å². The molecular weight excluding hydrogens is 399 g/mol. The fourth-order valence-electron chi connectivity index (χ4n) is 3.31. The molecule has 1 fully saturated rings. The van der Waals surface area contributed by atoms with Gasteiger partial charge in [0.1, 0.15) is 39.3 Å². The molecule has 28 heavy (non-hydrogen) atoms. The van der Waals surface area contributed by atoms with Gasteiger partial charge in [-0.1, -0.05) is 35.3 Å². The molecule has 0 spiro atoms. The van der Waals surface area contributed by atoms with Crippen LogP contribution < -0.4 is 19.7 Å². The Morgan fingerprint density at radius 3 is 2.68 bits per heavy atom. The first kappa shape index (κ1) is 21.2. The van der Waals surface area contributed by atoms with Crippen molar-refractivity contribution >= 4 is 23.2 Å². The first-order valence-electron chi connectivity index (χ1n) is 9.63. The minimum absolute atomic E-state index is 0.362. The Morgan fingerprint density at radius 2 is 1.93 bits per heavy atom. The summed E-state index contributed by atoms with van der Waals surface area (Å²) in [6, 6.07) is 11.4. The van der Waals surface area contributed by atoms with Gasteiger partial charge in [0, 0.05) is 15.6 Å². The standard InChI is InChI=1S/C21H26Cl2N2O3/c1-26-20-4-2-3-16(14-24-7-8-25-9-11-27-12-10-25)21(20)28-15-17-5-6-18(22)13-19(17)23/h2-6,13,24H,7-12,14-15H2,1H3/p+2. The van der Waals surface area contributed by atoms with Crippen LogP contribution >= 0.6 is 23.2 Å². The Hall–Kier alpha value is -1.50. The molecule has 0 amide bonds. The molecule has 5 nitrogen and oxygen atoms in total. The highest BCUT2D eigenvalue weighted by molar-refractivity contribution is 6.35. The van der Waals surface area contributed by atoms with E-state index in [2.05, 4.69) is 11.4 Å². The third-order valence-corrected chi connectivity index (χ3v) is 5.52. The number of rotatable bonds is 9. The molecule has 0 atom stereocenters. The molecule has 1 aliphatic rings. The van der Waals surface area contributed by atoms with Crippen molar-refractivity contribution < 1.29 is 24.4 Å². The van der Waals surface area contributed by atoms with Crippen molar-refractivity contribution in [1.29, 1.82) is 0 Å². The summed E-state index contributed by atoms with van der Waals surface area (Å²) in [4.78, 5) is 1.61. The topological polar surface area (TPSA) is 48.7 Å². The number of halogens is 2. The lowest BCUT2D eigenvalue weighted by Gasteiger charge is -2.23. The van der Waals surface area contributed by atoms with Crippen LogP contribution in [0.4, 0.5) is 0 Å². The van der Waals surface area contributed by atoms with Crippen molar-refractivity contribution in [2.45, 2.75) is 13.2 Å². The Labute approximate surface area is 176 Å². The lowest BCUT2D eigenvalue weighted by Crippen LogP contribution is -3.16. The molecule has 0 saturated carbocycles. The minimum atomic E-state index is 0.362. The zero-order valence-electron chi connectivity index (χ0n) is 16.2. The number of quaternary nitrogens is 2. The molecule has 0 aromatic heterocycles. The van der Waals surface area contributed by atoms with Crippen molar-refractivity contribution in [3.05, 3.63) is 57.6 Å². The highest BCUT2D eigenvalue weighted by Crippen LogP contribution is 2.32. The molecule has 2 aromatic rings. The van der Waals surface area contributed by atoms with Crippen LogP contribution in [0.2, 0.25) is 10.0 Å². The average Bonchev–Trinajstić information content (AvgIpc) is 2.71. The van der Waals surface area contributed by atoms with Gasteiger partial charge in [0.05, 0.1) is 25.9 Å². The molecule has 3 rings (SSSR count). The number of hydrogen-bond acceptors (Lipinski definition) is 3. The van der Waals surface area contributed by atoms with E-state index in [0.717, 1.165) is 68.6 Å². The lowest BCUT2D eigenvalue weighted by atomic mass is 10.1. The lowest BCUT2D eigenvalue weighted by molar-refractivity contribution is -0.920. The molecular formula is C21H28Cl2N2O3+2. The van der Waals surface area contributed by atoms with Crippen LogP contribution in [0, 0.1) is 0 Å². The first-order chi connectivity index (χ1) is 13.7. The van der Waals surface area contributed by atoms with Gasteiger partial charge in [-0.15, -0.1) is 0 Å². The summed E-state index contributed by atoms with van der Waals surface area (Å²) in [5.74, 6) is 1.50. The smallest absolute Gasteiger partial charge is 0.170 e. The summed E-state index contributed by atoms with van der Waals surface area (Å²) in [5.41, 5.74) is 2.00. The van der Waals surface area contributed by atoms with Gasteiger partial charge in [-0.05, 0) is 24.3 Å². The number of hydrogen-bond donors (Lipinski definition) is 2. The summed E-state index contributed by atoms with van der Waals surface area (Å²) in [6.07, 6.45) is 0. The maximum Gasteiger partial charge on any atom is 0.170 e. The predicted molar refractivity (Wildman–Crippen MR) is 111 cm³/mol. The summed E-state index contributed by atoms with van der Waals surface area (Å²) < 4.78 is 17.0. The normalized spacial score (nSPS) is 14.8. The molecule has 7 heteroatoms. The van der Waals surface area contributed by atoms with E-state index < -0.39 is 0 Å². The molecule has 0 bridgehead atoms. The Kier molecular flexibility index (Phi) is 8.25. The summed E-state index contributed by atoms with van der Waals surface area (Å²) in [7, 11) is 1.66. The van der Waals surface area contributed by atoms with Crippen molar-refractivity contribution in [3.8, 4) is 11.5 Å². The highest BCUT2D eigenvalue weighted by Gasteiger charge is 2.16. The van der Waals surface area contributed by atoms with E-state index in [9.17, 15) is 0 Å². The summed E-state index contributed by atoms with van der Waals surface area (Å²) in [6.45, 7) is 7.35. The molecule has 0 aliphatic carbocycles. The number of nitrogens with one attached hydrogen (secondary N) is 1. The first-order valence-corrected chi connectivity index (χ1v) is 10.4. The van der Waals surface area contributed by atoms with Crippen LogP contribution in [-0.4, -0.2) is 46.5 Å². The van der Waals surface area contributed by atoms with Gasteiger partial charge in [0.2, 0.25) is 0 Å². The van der Waals surface area contributed by atoms with E-state index in [1.165, 1.54) is 0 Å². The summed E-state index contributed by atoms with van der Waals surface area (Å²) in [5, 5.41) is 3.53. The van der Waals surface area contributed by atoms with E-state index >= 15 is 0 Å². The van der Waals surface area contributed by atoms with E-state index in [-0.39, 0.29) is 0 Å². The van der Waals surface area contributed by atoms with Gasteiger partial charge < -0.3 is 24.4 Å². The molecule has 0 radical (unpaired) electrons. The quantitative estimate of drug-likeness (QED) is 0.598. The molecule has 1 saturated heterocycles. The Morgan fingerprint density at radius 1 is 1.11 bits per heavy atom. The fourth-order valence-corrected chi connectivity index (χ4v) is 3.77. The number of para-hydroxylation sites is 1. The highest BCUT2D eigenvalue weighted by atomic mass is 35.5. The predicted octanol–water partition coefficient (Wildman–Crippen LogP) is 1.56. The van der Waals surface area contributed by atoms with Crippen LogP contribution in [0.25, 0.3) is 0 Å². The number of benzene rings is 2. The maximum absolute atomic E-state index is 6.27. The maximum atomic E-state index is 6.27. The van der Waals surface area contributed by atoms with Crippen LogP contribution in [-0.2, 0) is 17.9 Å². The Balaban J connectivity index is 1.59. The van der Waals surface area contributed by atoms with Crippen molar-refractivity contribution in [1.82, 2.24) is 0 Å². The van der Waals surface area contributed by atoms with Gasteiger partial charge >= 0.3 is 0 Å². The Bertz CT molecular complexity index is 767. The van der Waals surface area contributed by atoms with E-state index in [1.54, 1.807) is 18.1 Å². The second kappa shape index (κ2) is 10.9. The van der Waals surface area contributed by atoms with Gasteiger partial charge in [-0.2, -0.15) is 0 Å².